The number of aromatic nitrogens is 3. The van der Waals surface area contributed by atoms with Crippen LogP contribution in [0, 0.1) is 0 Å². The van der Waals surface area contributed by atoms with Gasteiger partial charge in [-0.3, -0.25) is 9.36 Å². The summed E-state index contributed by atoms with van der Waals surface area (Å²) in [6, 6.07) is 13.1. The van der Waals surface area contributed by atoms with Gasteiger partial charge in [0, 0.05) is 13.6 Å². The first-order valence-corrected chi connectivity index (χ1v) is 8.35. The Balaban J connectivity index is 1.51. The van der Waals surface area contributed by atoms with Gasteiger partial charge in [0.2, 0.25) is 5.82 Å². The second-order valence-electron chi connectivity index (χ2n) is 6.03. The van der Waals surface area contributed by atoms with Crippen LogP contribution in [0.4, 0.5) is 13.2 Å². The Labute approximate surface area is 157 Å². The highest BCUT2D eigenvalue weighted by Crippen LogP contribution is 2.26. The summed E-state index contributed by atoms with van der Waals surface area (Å²) in [6.45, 7) is -0.512. The lowest BCUT2D eigenvalue weighted by Crippen LogP contribution is -2.34. The molecule has 1 N–H and O–H groups in total. The fraction of sp³-hybridized carbons (Fsp3) is 0.278. The van der Waals surface area contributed by atoms with Crippen molar-refractivity contribution in [2.75, 3.05) is 13.2 Å². The quantitative estimate of drug-likeness (QED) is 0.693. The number of alkyl halides is 3. The molecule has 0 radical (unpaired) electrons. The van der Waals surface area contributed by atoms with Crippen molar-refractivity contribution >= 4 is 16.7 Å². The summed E-state index contributed by atoms with van der Waals surface area (Å²) in [5.74, 6) is -1.23. The summed E-state index contributed by atoms with van der Waals surface area (Å²) in [6.07, 6.45) is -4.73. The number of hydrogen-bond donors (Lipinski definition) is 1. The van der Waals surface area contributed by atoms with Gasteiger partial charge in [0.25, 0.3) is 5.91 Å². The van der Waals surface area contributed by atoms with Crippen LogP contribution >= 0.6 is 0 Å². The molecule has 1 amide bonds. The largest absolute Gasteiger partial charge is 0.484 e. The summed E-state index contributed by atoms with van der Waals surface area (Å²) < 4.78 is 44.7. The number of carbonyl (C=O) groups excluding carboxylic acids is 1. The summed E-state index contributed by atoms with van der Waals surface area (Å²) in [7, 11) is 0.991. The predicted molar refractivity (Wildman–Crippen MR) is 94.9 cm³/mol. The molecule has 0 saturated carbocycles. The van der Waals surface area contributed by atoms with E-state index in [4.69, 9.17) is 4.74 Å². The van der Waals surface area contributed by atoms with Crippen molar-refractivity contribution in [1.29, 1.82) is 0 Å². The Bertz CT molecular complexity index is 1060. The van der Waals surface area contributed by atoms with Crippen LogP contribution in [0.1, 0.15) is 5.82 Å². The van der Waals surface area contributed by atoms with E-state index in [1.807, 2.05) is 30.3 Å². The van der Waals surface area contributed by atoms with Gasteiger partial charge in [-0.1, -0.05) is 30.3 Å². The van der Waals surface area contributed by atoms with E-state index in [0.29, 0.717) is 15.0 Å². The highest BCUT2D eigenvalue weighted by molar-refractivity contribution is 5.84. The Morgan fingerprint density at radius 1 is 1.18 bits per heavy atom. The van der Waals surface area contributed by atoms with Gasteiger partial charge in [-0.15, -0.1) is 5.10 Å². The average Bonchev–Trinajstić information content (AvgIpc) is 2.95. The molecule has 0 atom stereocenters. The lowest BCUT2D eigenvalue weighted by Gasteiger charge is -2.08. The van der Waals surface area contributed by atoms with E-state index in [9.17, 15) is 22.8 Å². The molecule has 28 heavy (non-hydrogen) atoms. The first-order valence-electron chi connectivity index (χ1n) is 8.35. The van der Waals surface area contributed by atoms with Crippen molar-refractivity contribution in [3.05, 3.63) is 58.8 Å². The third-order valence-corrected chi connectivity index (χ3v) is 4.03. The molecule has 0 aliphatic carbocycles. The number of benzene rings is 2. The smallest absolute Gasteiger partial charge is 0.451 e. The number of hydrogen-bond acceptors (Lipinski definition) is 4. The molecule has 2 aromatic carbocycles. The highest BCUT2D eigenvalue weighted by atomic mass is 19.4. The number of carbonyl (C=O) groups is 1. The van der Waals surface area contributed by atoms with Gasteiger partial charge in [-0.05, 0) is 22.9 Å². The van der Waals surface area contributed by atoms with Crippen molar-refractivity contribution in [3.8, 4) is 5.75 Å². The Kier molecular flexibility index (Phi) is 5.39. The maximum absolute atomic E-state index is 12.7. The maximum Gasteiger partial charge on any atom is 0.451 e. The van der Waals surface area contributed by atoms with Crippen LogP contribution in [0.5, 0.6) is 5.75 Å². The number of halogens is 3. The highest BCUT2D eigenvalue weighted by Gasteiger charge is 2.37. The molecule has 0 unspecified atom stereocenters. The van der Waals surface area contributed by atoms with Crippen LogP contribution in [0.15, 0.2) is 47.3 Å². The van der Waals surface area contributed by atoms with Crippen LogP contribution < -0.4 is 15.7 Å². The molecule has 0 saturated heterocycles. The van der Waals surface area contributed by atoms with E-state index in [2.05, 4.69) is 10.4 Å². The molecule has 3 aromatic rings. The lowest BCUT2D eigenvalue weighted by atomic mass is 10.1. The zero-order valence-corrected chi connectivity index (χ0v) is 14.9. The fourth-order valence-corrected chi connectivity index (χ4v) is 2.64. The monoisotopic (exact) mass is 394 g/mol. The van der Waals surface area contributed by atoms with Gasteiger partial charge in [0.1, 0.15) is 5.75 Å². The summed E-state index contributed by atoms with van der Waals surface area (Å²) in [5.41, 5.74) is -0.908. The van der Waals surface area contributed by atoms with Crippen molar-refractivity contribution in [2.45, 2.75) is 12.7 Å². The molecule has 1 heterocycles. The molecular formula is C18H17F3N4O3. The van der Waals surface area contributed by atoms with Gasteiger partial charge in [0.15, 0.2) is 6.61 Å². The van der Waals surface area contributed by atoms with E-state index in [1.165, 1.54) is 0 Å². The van der Waals surface area contributed by atoms with E-state index >= 15 is 0 Å². The summed E-state index contributed by atoms with van der Waals surface area (Å²) in [4.78, 5) is 23.6. The van der Waals surface area contributed by atoms with Gasteiger partial charge < -0.3 is 10.1 Å². The van der Waals surface area contributed by atoms with E-state index in [0.717, 1.165) is 17.8 Å². The SMILES string of the molecule is Cn1c(C(F)(F)F)nn(CCNC(=O)COc2ccc3ccccc3c2)c1=O. The zero-order chi connectivity index (χ0) is 20.3. The van der Waals surface area contributed by atoms with Gasteiger partial charge in [-0.25, -0.2) is 9.48 Å². The van der Waals surface area contributed by atoms with Crippen molar-refractivity contribution in [3.63, 3.8) is 0 Å². The number of rotatable bonds is 6. The van der Waals surface area contributed by atoms with Crippen LogP contribution in [0.25, 0.3) is 10.8 Å². The van der Waals surface area contributed by atoms with Gasteiger partial charge in [-0.2, -0.15) is 13.2 Å². The van der Waals surface area contributed by atoms with E-state index in [-0.39, 0.29) is 19.7 Å². The molecule has 1 aromatic heterocycles. The van der Waals surface area contributed by atoms with Crippen molar-refractivity contribution in [1.82, 2.24) is 19.7 Å². The van der Waals surface area contributed by atoms with E-state index in [1.54, 1.807) is 12.1 Å². The van der Waals surface area contributed by atoms with Gasteiger partial charge in [0.05, 0.1) is 6.54 Å². The third-order valence-electron chi connectivity index (χ3n) is 4.03. The van der Waals surface area contributed by atoms with Crippen LogP contribution in [0.2, 0.25) is 0 Å². The number of nitrogens with one attached hydrogen (secondary N) is 1. The van der Waals surface area contributed by atoms with Gasteiger partial charge >= 0.3 is 11.9 Å². The maximum atomic E-state index is 12.7. The van der Waals surface area contributed by atoms with Crippen LogP contribution in [-0.2, 0) is 24.6 Å². The molecule has 0 bridgehead atoms. The van der Waals surface area contributed by atoms with Crippen LogP contribution in [-0.4, -0.2) is 33.4 Å². The predicted octanol–water partition coefficient (Wildman–Crippen LogP) is 1.95. The Morgan fingerprint density at radius 3 is 2.57 bits per heavy atom. The normalized spacial score (nSPS) is 11.6. The molecule has 7 nitrogen and oxygen atoms in total. The fourth-order valence-electron chi connectivity index (χ4n) is 2.64. The number of amides is 1. The number of ether oxygens (including phenoxy) is 1. The minimum atomic E-state index is -4.73. The molecule has 10 heteroatoms. The lowest BCUT2D eigenvalue weighted by molar-refractivity contribution is -0.147. The standard InChI is InChI=1S/C18H17F3N4O3/c1-24-16(18(19,20)21)23-25(17(24)27)9-8-22-15(26)11-28-14-7-6-12-4-2-3-5-13(12)10-14/h2-7,10H,8-9,11H2,1H3,(H,22,26). The molecule has 0 spiro atoms. The minimum absolute atomic E-state index is 0.0614. The first-order chi connectivity index (χ1) is 13.3. The van der Waals surface area contributed by atoms with Crippen molar-refractivity contribution in [2.24, 2.45) is 7.05 Å². The van der Waals surface area contributed by atoms with E-state index < -0.39 is 23.6 Å². The zero-order valence-electron chi connectivity index (χ0n) is 14.9. The van der Waals surface area contributed by atoms with Crippen molar-refractivity contribution < 1.29 is 22.7 Å². The molecule has 0 aliphatic heterocycles. The Morgan fingerprint density at radius 2 is 1.89 bits per heavy atom. The topological polar surface area (TPSA) is 78.2 Å². The second-order valence-corrected chi connectivity index (χ2v) is 6.03. The van der Waals surface area contributed by atoms with Crippen LogP contribution in [0.3, 0.4) is 0 Å². The second kappa shape index (κ2) is 7.75. The Hall–Kier alpha value is -3.30. The summed E-state index contributed by atoms with van der Waals surface area (Å²) in [5, 5.41) is 7.75. The average molecular weight is 394 g/mol. The molecule has 3 rings (SSSR count). The first kappa shape index (κ1) is 19.5. The third kappa shape index (κ3) is 4.33. The molecule has 148 valence electrons. The minimum Gasteiger partial charge on any atom is -0.484 e. The number of fused-ring (bicyclic) bond motifs is 1. The number of nitrogens with zero attached hydrogens (tertiary/aromatic N) is 3. The molecular weight excluding hydrogens is 377 g/mol. The molecule has 0 aliphatic rings. The molecule has 0 fully saturated rings. The summed E-state index contributed by atoms with van der Waals surface area (Å²) >= 11 is 0.